The van der Waals surface area contributed by atoms with Crippen molar-refractivity contribution in [2.75, 3.05) is 13.7 Å². The minimum Gasteiger partial charge on any atom is -0.501 e. The van der Waals surface area contributed by atoms with Gasteiger partial charge >= 0.3 is 0 Å². The van der Waals surface area contributed by atoms with Gasteiger partial charge in [0.2, 0.25) is 0 Å². The number of aromatic amines is 1. The van der Waals surface area contributed by atoms with Crippen molar-refractivity contribution in [1.82, 2.24) is 15.2 Å². The lowest BCUT2D eigenvalue weighted by Gasteiger charge is -2.08. The highest BCUT2D eigenvalue weighted by atomic mass is 16.5. The first-order valence-corrected chi connectivity index (χ1v) is 7.12. The zero-order chi connectivity index (χ0) is 14.9. The van der Waals surface area contributed by atoms with E-state index in [1.165, 1.54) is 0 Å². The van der Waals surface area contributed by atoms with Crippen LogP contribution in [0.25, 0.3) is 22.3 Å². The van der Waals surface area contributed by atoms with Crippen LogP contribution in [0.4, 0.5) is 0 Å². The number of benzene rings is 1. The van der Waals surface area contributed by atoms with Gasteiger partial charge in [-0.2, -0.15) is 5.10 Å². The number of rotatable bonds is 3. The number of fused-ring (bicyclic) bond motifs is 1. The molecular formula is C17H15N3O2. The molecule has 0 amide bonds. The van der Waals surface area contributed by atoms with Crippen molar-refractivity contribution in [3.05, 3.63) is 54.4 Å². The summed E-state index contributed by atoms with van der Waals surface area (Å²) in [5.74, 6) is 1.04. The molecule has 3 aromatic rings. The molecule has 1 aliphatic rings. The minimum absolute atomic E-state index is 0.248. The average molecular weight is 293 g/mol. The van der Waals surface area contributed by atoms with Crippen LogP contribution < -0.4 is 4.74 Å². The Morgan fingerprint density at radius 2 is 2.23 bits per heavy atom. The molecule has 0 saturated carbocycles. The van der Waals surface area contributed by atoms with Crippen molar-refractivity contribution < 1.29 is 9.47 Å². The fourth-order valence-corrected chi connectivity index (χ4v) is 2.74. The fourth-order valence-electron chi connectivity index (χ4n) is 2.74. The fraction of sp³-hybridized carbons (Fsp3) is 0.176. The van der Waals surface area contributed by atoms with Gasteiger partial charge in [-0.25, -0.2) is 4.98 Å². The summed E-state index contributed by atoms with van der Waals surface area (Å²) in [7, 11) is 1.66. The van der Waals surface area contributed by atoms with Gasteiger partial charge in [-0.05, 0) is 29.8 Å². The van der Waals surface area contributed by atoms with Crippen LogP contribution in [0.2, 0.25) is 0 Å². The Bertz CT molecular complexity index is 854. The van der Waals surface area contributed by atoms with E-state index in [2.05, 4.69) is 21.2 Å². The lowest BCUT2D eigenvalue weighted by Crippen LogP contribution is -1.98. The maximum absolute atomic E-state index is 5.44. The Morgan fingerprint density at radius 1 is 1.32 bits per heavy atom. The zero-order valence-electron chi connectivity index (χ0n) is 12.1. The molecule has 0 radical (unpaired) electrons. The highest BCUT2D eigenvalue weighted by molar-refractivity contribution is 5.92. The molecular weight excluding hydrogens is 278 g/mol. The largest absolute Gasteiger partial charge is 0.501 e. The van der Waals surface area contributed by atoms with Crippen LogP contribution in [-0.4, -0.2) is 28.9 Å². The zero-order valence-corrected chi connectivity index (χ0v) is 12.1. The molecule has 2 aromatic heterocycles. The molecule has 0 aliphatic carbocycles. The highest BCUT2D eigenvalue weighted by Gasteiger charge is 2.18. The van der Waals surface area contributed by atoms with Gasteiger partial charge < -0.3 is 9.47 Å². The number of H-pyrrole nitrogens is 1. The van der Waals surface area contributed by atoms with Gasteiger partial charge in [0.25, 0.3) is 0 Å². The molecule has 1 aromatic carbocycles. The number of hydrogen-bond donors (Lipinski definition) is 1. The predicted molar refractivity (Wildman–Crippen MR) is 83.7 cm³/mol. The molecule has 0 saturated heterocycles. The lowest BCUT2D eigenvalue weighted by atomic mass is 10.0. The van der Waals surface area contributed by atoms with E-state index in [0.717, 1.165) is 33.6 Å². The molecule has 0 spiro atoms. The van der Waals surface area contributed by atoms with E-state index in [9.17, 15) is 0 Å². The topological polar surface area (TPSA) is 60.0 Å². The predicted octanol–water partition coefficient (Wildman–Crippen LogP) is 3.26. The molecule has 5 heteroatoms. The molecule has 0 fully saturated rings. The third-order valence-corrected chi connectivity index (χ3v) is 3.91. The average Bonchev–Trinajstić information content (AvgIpc) is 3.23. The van der Waals surface area contributed by atoms with E-state index >= 15 is 0 Å². The number of ether oxygens (including phenoxy) is 2. The normalized spacial score (nSPS) is 16.9. The number of pyridine rings is 1. The number of aromatic nitrogens is 3. The Morgan fingerprint density at radius 3 is 3.05 bits per heavy atom. The smallest absolute Gasteiger partial charge is 0.155 e. The van der Waals surface area contributed by atoms with Gasteiger partial charge in [0.05, 0.1) is 20.0 Å². The second-order valence-electron chi connectivity index (χ2n) is 5.21. The molecule has 4 rings (SSSR count). The summed E-state index contributed by atoms with van der Waals surface area (Å²) >= 11 is 0. The number of nitrogens with zero attached hydrogens (tertiary/aromatic N) is 2. The summed E-state index contributed by atoms with van der Waals surface area (Å²) in [5.41, 5.74) is 3.70. The van der Waals surface area contributed by atoms with Crippen LogP contribution in [-0.2, 0) is 4.74 Å². The van der Waals surface area contributed by atoms with Crippen LogP contribution in [0.3, 0.4) is 0 Å². The summed E-state index contributed by atoms with van der Waals surface area (Å²) < 4.78 is 10.7. The maximum atomic E-state index is 5.44. The molecule has 1 atom stereocenters. The summed E-state index contributed by atoms with van der Waals surface area (Å²) in [4.78, 5) is 4.48. The van der Waals surface area contributed by atoms with Gasteiger partial charge in [0, 0.05) is 23.1 Å². The third-order valence-electron chi connectivity index (χ3n) is 3.91. The second-order valence-corrected chi connectivity index (χ2v) is 5.21. The first-order valence-electron chi connectivity index (χ1n) is 7.12. The first-order chi connectivity index (χ1) is 10.9. The quantitative estimate of drug-likeness (QED) is 0.805. The molecule has 22 heavy (non-hydrogen) atoms. The summed E-state index contributed by atoms with van der Waals surface area (Å²) in [6.45, 7) is 0.662. The maximum Gasteiger partial charge on any atom is 0.155 e. The van der Waals surface area contributed by atoms with Gasteiger partial charge in [-0.1, -0.05) is 12.1 Å². The summed E-state index contributed by atoms with van der Waals surface area (Å²) in [5, 5.41) is 8.40. The Hall–Kier alpha value is -2.82. The number of nitrogens with one attached hydrogen (secondary N) is 1. The Labute approximate surface area is 127 Å². The SMILES string of the molecule is COc1ccccc1-c1n[nH]c2ncc(C3C=COC3)cc12. The lowest BCUT2D eigenvalue weighted by molar-refractivity contribution is 0.269. The van der Waals surface area contributed by atoms with Crippen LogP contribution in [0.15, 0.2) is 48.9 Å². The van der Waals surface area contributed by atoms with Crippen LogP contribution >= 0.6 is 0 Å². The van der Waals surface area contributed by atoms with Crippen LogP contribution in [0.1, 0.15) is 11.5 Å². The molecule has 1 N–H and O–H groups in total. The van der Waals surface area contributed by atoms with Gasteiger partial charge in [-0.3, -0.25) is 5.10 Å². The number of methoxy groups -OCH3 is 1. The molecule has 1 unspecified atom stereocenters. The van der Waals surface area contributed by atoms with Crippen molar-refractivity contribution in [1.29, 1.82) is 0 Å². The van der Waals surface area contributed by atoms with Gasteiger partial charge in [-0.15, -0.1) is 0 Å². The monoisotopic (exact) mass is 293 g/mol. The van der Waals surface area contributed by atoms with Crippen LogP contribution in [0, 0.1) is 0 Å². The second kappa shape index (κ2) is 5.18. The highest BCUT2D eigenvalue weighted by Crippen LogP contribution is 2.34. The van der Waals surface area contributed by atoms with Crippen molar-refractivity contribution in [3.8, 4) is 17.0 Å². The summed E-state index contributed by atoms with van der Waals surface area (Å²) in [6.07, 6.45) is 5.66. The molecule has 0 bridgehead atoms. The molecule has 3 heterocycles. The first kappa shape index (κ1) is 12.9. The molecule has 5 nitrogen and oxygen atoms in total. The number of hydrogen-bond acceptors (Lipinski definition) is 4. The molecule has 1 aliphatic heterocycles. The van der Waals surface area contributed by atoms with Crippen molar-refractivity contribution in [3.63, 3.8) is 0 Å². The third kappa shape index (κ3) is 2.02. The van der Waals surface area contributed by atoms with Crippen molar-refractivity contribution in [2.24, 2.45) is 0 Å². The van der Waals surface area contributed by atoms with E-state index < -0.39 is 0 Å². The van der Waals surface area contributed by atoms with Crippen molar-refractivity contribution >= 4 is 11.0 Å². The van der Waals surface area contributed by atoms with E-state index in [-0.39, 0.29) is 5.92 Å². The Kier molecular flexibility index (Phi) is 3.04. The van der Waals surface area contributed by atoms with E-state index in [1.54, 1.807) is 13.4 Å². The summed E-state index contributed by atoms with van der Waals surface area (Å²) in [6, 6.07) is 9.97. The minimum atomic E-state index is 0.248. The van der Waals surface area contributed by atoms with E-state index in [1.807, 2.05) is 36.5 Å². The molecule has 110 valence electrons. The number of para-hydroxylation sites is 1. The van der Waals surface area contributed by atoms with Crippen molar-refractivity contribution in [2.45, 2.75) is 5.92 Å². The van der Waals surface area contributed by atoms with Gasteiger partial charge in [0.15, 0.2) is 5.65 Å². The Balaban J connectivity index is 1.87. The van der Waals surface area contributed by atoms with Crippen LogP contribution in [0.5, 0.6) is 5.75 Å². The van der Waals surface area contributed by atoms with Gasteiger partial charge in [0.1, 0.15) is 11.4 Å². The standard InChI is InChI=1S/C17H15N3O2/c1-21-15-5-3-2-4-13(15)16-14-8-12(11-6-7-22-10-11)9-18-17(14)20-19-16/h2-9,11H,10H2,1H3,(H,18,19,20). The van der Waals surface area contributed by atoms with E-state index in [0.29, 0.717) is 6.61 Å². The van der Waals surface area contributed by atoms with E-state index in [4.69, 9.17) is 9.47 Å².